The number of pyridine rings is 2. The number of aromatic nitrogens is 3. The van der Waals surface area contributed by atoms with Crippen LogP contribution in [0, 0.1) is 18.6 Å². The third-order valence-corrected chi connectivity index (χ3v) is 3.99. The molecule has 0 spiro atoms. The molecule has 0 aliphatic rings. The second-order valence-electron chi connectivity index (χ2n) is 6.09. The Labute approximate surface area is 153 Å². The van der Waals surface area contributed by atoms with Gasteiger partial charge in [-0.15, -0.1) is 0 Å². The minimum atomic E-state index is -0.768. The number of amides is 1. The van der Waals surface area contributed by atoms with Crippen molar-refractivity contribution in [3.05, 3.63) is 83.9 Å². The highest BCUT2D eigenvalue weighted by Gasteiger charge is 2.13. The van der Waals surface area contributed by atoms with Crippen molar-refractivity contribution in [1.29, 1.82) is 0 Å². The molecule has 3 aromatic heterocycles. The van der Waals surface area contributed by atoms with Gasteiger partial charge in [0.1, 0.15) is 23.0 Å². The predicted octanol–water partition coefficient (Wildman–Crippen LogP) is 4.24. The Hall–Kier alpha value is -3.61. The Morgan fingerprint density at radius 1 is 1.00 bits per heavy atom. The van der Waals surface area contributed by atoms with Crippen molar-refractivity contribution < 1.29 is 13.6 Å². The number of imidazole rings is 1. The van der Waals surface area contributed by atoms with Gasteiger partial charge in [-0.3, -0.25) is 9.78 Å². The van der Waals surface area contributed by atoms with Gasteiger partial charge in [-0.05, 0) is 43.3 Å². The van der Waals surface area contributed by atoms with Gasteiger partial charge >= 0.3 is 0 Å². The van der Waals surface area contributed by atoms with E-state index in [1.54, 1.807) is 16.7 Å². The van der Waals surface area contributed by atoms with Crippen molar-refractivity contribution in [2.75, 3.05) is 5.32 Å². The fraction of sp³-hybridized carbons (Fsp3) is 0.0500. The standard InChI is InChI=1S/C20H14F2N4O/c1-12-3-2-4-17(23-12)13-5-6-19-25-18(11-26(19)10-13)20(27)24-16-8-14(21)7-15(22)9-16/h2-11H,1H3,(H,24,27). The molecule has 0 radical (unpaired) electrons. The molecule has 1 aromatic carbocycles. The summed E-state index contributed by atoms with van der Waals surface area (Å²) in [5.74, 6) is -2.09. The van der Waals surface area contributed by atoms with Gasteiger partial charge in [-0.25, -0.2) is 13.8 Å². The topological polar surface area (TPSA) is 59.3 Å². The number of aryl methyl sites for hydroxylation is 1. The fourth-order valence-electron chi connectivity index (χ4n) is 2.78. The maximum Gasteiger partial charge on any atom is 0.275 e. The van der Waals surface area contributed by atoms with Crippen LogP contribution in [0.15, 0.2) is 60.9 Å². The lowest BCUT2D eigenvalue weighted by Crippen LogP contribution is -2.12. The van der Waals surface area contributed by atoms with Gasteiger partial charge in [-0.1, -0.05) is 6.07 Å². The van der Waals surface area contributed by atoms with Crippen LogP contribution in [0.2, 0.25) is 0 Å². The average molecular weight is 364 g/mol. The van der Waals surface area contributed by atoms with Crippen LogP contribution in [-0.4, -0.2) is 20.3 Å². The number of anilines is 1. The second-order valence-corrected chi connectivity index (χ2v) is 6.09. The van der Waals surface area contributed by atoms with Crippen LogP contribution >= 0.6 is 0 Å². The molecule has 4 rings (SSSR count). The van der Waals surface area contributed by atoms with E-state index in [4.69, 9.17) is 0 Å². The van der Waals surface area contributed by atoms with E-state index in [9.17, 15) is 13.6 Å². The van der Waals surface area contributed by atoms with E-state index < -0.39 is 17.5 Å². The summed E-state index contributed by atoms with van der Waals surface area (Å²) in [6.45, 7) is 1.91. The summed E-state index contributed by atoms with van der Waals surface area (Å²) in [4.78, 5) is 21.1. The van der Waals surface area contributed by atoms with Gasteiger partial charge in [0.05, 0.1) is 5.69 Å². The summed E-state index contributed by atoms with van der Waals surface area (Å²) in [6.07, 6.45) is 3.38. The van der Waals surface area contributed by atoms with Gasteiger partial charge in [0.2, 0.25) is 0 Å². The first kappa shape index (κ1) is 16.8. The third-order valence-electron chi connectivity index (χ3n) is 3.99. The molecule has 0 aliphatic heterocycles. The summed E-state index contributed by atoms with van der Waals surface area (Å²) in [5, 5.41) is 2.45. The largest absolute Gasteiger partial charge is 0.320 e. The highest BCUT2D eigenvalue weighted by atomic mass is 19.1. The van der Waals surface area contributed by atoms with Gasteiger partial charge in [0.25, 0.3) is 5.91 Å². The number of benzene rings is 1. The average Bonchev–Trinajstić information content (AvgIpc) is 3.04. The van der Waals surface area contributed by atoms with Crippen LogP contribution in [0.5, 0.6) is 0 Å². The Morgan fingerprint density at radius 3 is 2.52 bits per heavy atom. The number of nitrogens with one attached hydrogen (secondary N) is 1. The molecule has 0 saturated heterocycles. The lowest BCUT2D eigenvalue weighted by Gasteiger charge is -2.03. The Morgan fingerprint density at radius 2 is 1.78 bits per heavy atom. The molecule has 3 heterocycles. The van der Waals surface area contributed by atoms with Crippen molar-refractivity contribution in [2.24, 2.45) is 0 Å². The molecule has 0 saturated carbocycles. The number of carbonyl (C=O) groups excluding carboxylic acids is 1. The Balaban J connectivity index is 1.64. The van der Waals surface area contributed by atoms with E-state index in [0.29, 0.717) is 5.65 Å². The number of carbonyl (C=O) groups is 1. The zero-order chi connectivity index (χ0) is 19.0. The van der Waals surface area contributed by atoms with Gasteiger partial charge in [-0.2, -0.15) is 0 Å². The number of halogens is 2. The third kappa shape index (κ3) is 3.52. The van der Waals surface area contributed by atoms with E-state index in [1.807, 2.05) is 37.4 Å². The van der Waals surface area contributed by atoms with Crippen molar-refractivity contribution in [2.45, 2.75) is 6.92 Å². The van der Waals surface area contributed by atoms with Gasteiger partial charge < -0.3 is 9.72 Å². The van der Waals surface area contributed by atoms with E-state index in [1.165, 1.54) is 0 Å². The van der Waals surface area contributed by atoms with Crippen molar-refractivity contribution in [3.63, 3.8) is 0 Å². The zero-order valence-corrected chi connectivity index (χ0v) is 14.3. The molecule has 134 valence electrons. The van der Waals surface area contributed by atoms with E-state index in [-0.39, 0.29) is 11.4 Å². The summed E-state index contributed by atoms with van der Waals surface area (Å²) in [6, 6.07) is 12.2. The van der Waals surface area contributed by atoms with Crippen LogP contribution in [0.25, 0.3) is 16.9 Å². The normalized spacial score (nSPS) is 10.9. The molecule has 0 fully saturated rings. The van der Waals surface area contributed by atoms with Crippen LogP contribution in [-0.2, 0) is 0 Å². The molecule has 5 nitrogen and oxygen atoms in total. The van der Waals surface area contributed by atoms with E-state index in [2.05, 4.69) is 15.3 Å². The maximum absolute atomic E-state index is 13.3. The number of fused-ring (bicyclic) bond motifs is 1. The van der Waals surface area contributed by atoms with E-state index in [0.717, 1.165) is 35.2 Å². The lowest BCUT2D eigenvalue weighted by molar-refractivity contribution is 0.102. The van der Waals surface area contributed by atoms with Gasteiger partial charge in [0.15, 0.2) is 0 Å². The molecule has 0 atom stereocenters. The van der Waals surface area contributed by atoms with Crippen LogP contribution in [0.3, 0.4) is 0 Å². The predicted molar refractivity (Wildman–Crippen MR) is 97.5 cm³/mol. The SMILES string of the molecule is Cc1cccc(-c2ccc3nc(C(=O)Nc4cc(F)cc(F)c4)cn3c2)n1. The smallest absolute Gasteiger partial charge is 0.275 e. The number of hydrogen-bond donors (Lipinski definition) is 1. The van der Waals surface area contributed by atoms with Gasteiger partial charge in [0, 0.05) is 35.4 Å². The first-order valence-corrected chi connectivity index (χ1v) is 8.18. The summed E-state index contributed by atoms with van der Waals surface area (Å²) < 4.78 is 28.2. The first-order valence-electron chi connectivity index (χ1n) is 8.18. The lowest BCUT2D eigenvalue weighted by atomic mass is 10.2. The minimum Gasteiger partial charge on any atom is -0.320 e. The first-order chi connectivity index (χ1) is 13.0. The molecule has 4 aromatic rings. The summed E-state index contributed by atoms with van der Waals surface area (Å²) in [7, 11) is 0. The van der Waals surface area contributed by atoms with Crippen LogP contribution in [0.4, 0.5) is 14.5 Å². The maximum atomic E-state index is 13.3. The Kier molecular flexibility index (Phi) is 4.12. The molecule has 0 bridgehead atoms. The molecule has 0 aliphatic carbocycles. The minimum absolute atomic E-state index is 0.0270. The second kappa shape index (κ2) is 6.60. The molecular weight excluding hydrogens is 350 g/mol. The monoisotopic (exact) mass is 364 g/mol. The molecule has 1 amide bonds. The van der Waals surface area contributed by atoms with Crippen LogP contribution < -0.4 is 5.32 Å². The fourth-order valence-corrected chi connectivity index (χ4v) is 2.78. The number of nitrogens with zero attached hydrogens (tertiary/aromatic N) is 3. The molecule has 0 unspecified atom stereocenters. The Bertz CT molecular complexity index is 1150. The van der Waals surface area contributed by atoms with E-state index >= 15 is 0 Å². The molecular formula is C20H14F2N4O. The number of hydrogen-bond acceptors (Lipinski definition) is 3. The highest BCUT2D eigenvalue weighted by molar-refractivity contribution is 6.03. The van der Waals surface area contributed by atoms with Crippen molar-refractivity contribution in [3.8, 4) is 11.3 Å². The van der Waals surface area contributed by atoms with Crippen molar-refractivity contribution >= 4 is 17.2 Å². The molecule has 7 heteroatoms. The quantitative estimate of drug-likeness (QED) is 0.592. The molecule has 1 N–H and O–H groups in total. The molecule has 27 heavy (non-hydrogen) atoms. The van der Waals surface area contributed by atoms with Crippen LogP contribution in [0.1, 0.15) is 16.2 Å². The number of rotatable bonds is 3. The zero-order valence-electron chi connectivity index (χ0n) is 14.3. The summed E-state index contributed by atoms with van der Waals surface area (Å²) >= 11 is 0. The van der Waals surface area contributed by atoms with Crippen molar-refractivity contribution in [1.82, 2.24) is 14.4 Å². The summed E-state index contributed by atoms with van der Waals surface area (Å²) in [5.41, 5.74) is 3.32. The highest BCUT2D eigenvalue weighted by Crippen LogP contribution is 2.19.